The van der Waals surface area contributed by atoms with Crippen LogP contribution in [0.4, 0.5) is 11.8 Å². The van der Waals surface area contributed by atoms with E-state index in [1.54, 1.807) is 14.2 Å². The molecule has 0 bridgehead atoms. The third-order valence-corrected chi connectivity index (χ3v) is 6.38. The number of hydrogen-bond donors (Lipinski definition) is 4. The van der Waals surface area contributed by atoms with E-state index in [0.29, 0.717) is 61.4 Å². The number of aliphatic hydroxyl groups is 2. The zero-order valence-electron chi connectivity index (χ0n) is 19.0. The van der Waals surface area contributed by atoms with E-state index in [0.717, 1.165) is 11.3 Å². The van der Waals surface area contributed by atoms with Crippen LogP contribution in [0.25, 0.3) is 0 Å². The van der Waals surface area contributed by atoms with Crippen molar-refractivity contribution in [3.8, 4) is 11.6 Å². The smallest absolute Gasteiger partial charge is 0.226 e. The minimum absolute atomic E-state index is 0.0331. The molecule has 1 aliphatic carbocycles. The number of hydrogen-bond acceptors (Lipinski definition) is 10. The van der Waals surface area contributed by atoms with Crippen LogP contribution in [0.2, 0.25) is 5.15 Å². The summed E-state index contributed by atoms with van der Waals surface area (Å²) in [6.07, 6.45) is 0.665. The number of halogens is 1. The van der Waals surface area contributed by atoms with Crippen molar-refractivity contribution >= 4 is 23.4 Å². The van der Waals surface area contributed by atoms with Gasteiger partial charge in [-0.1, -0.05) is 11.6 Å². The Morgan fingerprint density at radius 2 is 2.06 bits per heavy atom. The Labute approximate surface area is 197 Å². The second-order valence-electron chi connectivity index (χ2n) is 8.41. The maximum absolute atomic E-state index is 10.5. The molecule has 10 nitrogen and oxygen atoms in total. The SMILES string of the molecule is COCCNc1nc(Cl)c(C2Cc3cc(OC)nc(C)c3O2)c(N[C@@H]2C[C@H](CO)C[C@H]2O)n1. The number of aliphatic hydroxyl groups excluding tert-OH is 2. The Bertz CT molecular complexity index is 994. The summed E-state index contributed by atoms with van der Waals surface area (Å²) in [4.78, 5) is 13.5. The third kappa shape index (κ3) is 5.08. The van der Waals surface area contributed by atoms with Crippen molar-refractivity contribution in [2.75, 3.05) is 44.6 Å². The highest BCUT2D eigenvalue weighted by Crippen LogP contribution is 2.44. The predicted octanol–water partition coefficient (Wildman–Crippen LogP) is 2.12. The first-order chi connectivity index (χ1) is 15.9. The third-order valence-electron chi connectivity index (χ3n) is 6.09. The molecule has 0 saturated heterocycles. The van der Waals surface area contributed by atoms with E-state index in [4.69, 9.17) is 25.8 Å². The number of nitrogens with zero attached hydrogens (tertiary/aromatic N) is 3. The molecule has 4 rings (SSSR count). The van der Waals surface area contributed by atoms with Gasteiger partial charge in [-0.3, -0.25) is 0 Å². The summed E-state index contributed by atoms with van der Waals surface area (Å²) in [6, 6.07) is 1.59. The first-order valence-electron chi connectivity index (χ1n) is 11.0. The van der Waals surface area contributed by atoms with Crippen molar-refractivity contribution in [1.29, 1.82) is 0 Å². The van der Waals surface area contributed by atoms with Crippen molar-refractivity contribution in [3.63, 3.8) is 0 Å². The van der Waals surface area contributed by atoms with E-state index in [1.165, 1.54) is 0 Å². The lowest BCUT2D eigenvalue weighted by molar-refractivity contribution is 0.156. The van der Waals surface area contributed by atoms with Gasteiger partial charge in [-0.05, 0) is 25.7 Å². The average Bonchev–Trinajstić information content (AvgIpc) is 3.37. The van der Waals surface area contributed by atoms with Crippen LogP contribution in [-0.2, 0) is 11.2 Å². The molecule has 0 amide bonds. The lowest BCUT2D eigenvalue weighted by atomic mass is 10.0. The Balaban J connectivity index is 1.65. The number of aromatic nitrogens is 3. The first-order valence-corrected chi connectivity index (χ1v) is 11.4. The molecule has 180 valence electrons. The van der Waals surface area contributed by atoms with Gasteiger partial charge in [0, 0.05) is 38.3 Å². The Morgan fingerprint density at radius 1 is 1.24 bits per heavy atom. The highest BCUT2D eigenvalue weighted by atomic mass is 35.5. The van der Waals surface area contributed by atoms with Crippen LogP contribution in [0.5, 0.6) is 11.6 Å². The standard InChI is InChI=1S/C22H30ClN5O5/c1-11-19-13(9-17(25-11)32-3)8-16(33-19)18-20(23)27-22(24-4-5-31-2)28-21(18)26-14-6-12(10-29)7-15(14)30/h9,12,14-16,29-30H,4-8,10H2,1-3H3,(H2,24,26,27,28)/t12-,14+,15+,16?/m0/s1. The summed E-state index contributed by atoms with van der Waals surface area (Å²) in [7, 11) is 3.20. The fourth-order valence-electron chi connectivity index (χ4n) is 4.44. The number of nitrogens with one attached hydrogen (secondary N) is 2. The summed E-state index contributed by atoms with van der Waals surface area (Å²) in [5.74, 6) is 2.10. The molecule has 4 N–H and O–H groups in total. The summed E-state index contributed by atoms with van der Waals surface area (Å²) in [5.41, 5.74) is 2.31. The van der Waals surface area contributed by atoms with Crippen LogP contribution < -0.4 is 20.1 Å². The Kier molecular flexibility index (Phi) is 7.38. The lowest BCUT2D eigenvalue weighted by Gasteiger charge is -2.23. The van der Waals surface area contributed by atoms with E-state index < -0.39 is 12.2 Å². The fourth-order valence-corrected chi connectivity index (χ4v) is 4.73. The monoisotopic (exact) mass is 479 g/mol. The highest BCUT2D eigenvalue weighted by molar-refractivity contribution is 6.30. The number of aryl methyl sites for hydroxylation is 1. The van der Waals surface area contributed by atoms with Crippen molar-refractivity contribution in [2.24, 2.45) is 5.92 Å². The Morgan fingerprint density at radius 3 is 2.76 bits per heavy atom. The maximum Gasteiger partial charge on any atom is 0.226 e. The van der Waals surface area contributed by atoms with Gasteiger partial charge in [0.15, 0.2) is 0 Å². The maximum atomic E-state index is 10.5. The second-order valence-corrected chi connectivity index (χ2v) is 8.76. The molecule has 1 unspecified atom stereocenters. The number of fused-ring (bicyclic) bond motifs is 1. The van der Waals surface area contributed by atoms with Gasteiger partial charge in [0.25, 0.3) is 0 Å². The molecule has 0 spiro atoms. The topological polar surface area (TPSA) is 131 Å². The molecule has 4 atom stereocenters. The molecule has 3 heterocycles. The summed E-state index contributed by atoms with van der Waals surface area (Å²) in [6.45, 7) is 2.90. The van der Waals surface area contributed by atoms with Crippen LogP contribution >= 0.6 is 11.6 Å². The van der Waals surface area contributed by atoms with Gasteiger partial charge in [0.05, 0.1) is 37.1 Å². The number of rotatable bonds is 9. The van der Waals surface area contributed by atoms with Gasteiger partial charge in [-0.25, -0.2) is 9.97 Å². The van der Waals surface area contributed by atoms with Gasteiger partial charge in [-0.2, -0.15) is 4.98 Å². The summed E-state index contributed by atoms with van der Waals surface area (Å²) >= 11 is 6.66. The predicted molar refractivity (Wildman–Crippen MR) is 123 cm³/mol. The number of anilines is 2. The minimum Gasteiger partial charge on any atom is -0.483 e. The normalized spacial score (nSPS) is 23.8. The van der Waals surface area contributed by atoms with Crippen LogP contribution in [0, 0.1) is 12.8 Å². The van der Waals surface area contributed by atoms with Crippen LogP contribution in [0.1, 0.15) is 35.8 Å². The quantitative estimate of drug-likeness (QED) is 0.313. The number of methoxy groups -OCH3 is 2. The molecule has 2 aromatic rings. The van der Waals surface area contributed by atoms with Gasteiger partial charge < -0.3 is 35.1 Å². The molecule has 0 radical (unpaired) electrons. The van der Waals surface area contributed by atoms with Crippen LogP contribution in [0.3, 0.4) is 0 Å². The number of ether oxygens (including phenoxy) is 3. The zero-order chi connectivity index (χ0) is 23.5. The summed E-state index contributed by atoms with van der Waals surface area (Å²) in [5, 5.41) is 26.8. The second kappa shape index (κ2) is 10.3. The van der Waals surface area contributed by atoms with E-state index in [9.17, 15) is 10.2 Å². The van der Waals surface area contributed by atoms with Crippen LogP contribution in [0.15, 0.2) is 6.07 Å². The zero-order valence-corrected chi connectivity index (χ0v) is 19.7. The lowest BCUT2D eigenvalue weighted by Crippen LogP contribution is -2.30. The highest BCUT2D eigenvalue weighted by Gasteiger charge is 2.36. The molecule has 0 aromatic carbocycles. The van der Waals surface area contributed by atoms with Gasteiger partial charge in [0.1, 0.15) is 22.8 Å². The van der Waals surface area contributed by atoms with Gasteiger partial charge in [-0.15, -0.1) is 0 Å². The van der Waals surface area contributed by atoms with Crippen molar-refractivity contribution in [2.45, 2.75) is 44.4 Å². The molecule has 33 heavy (non-hydrogen) atoms. The van der Waals surface area contributed by atoms with E-state index in [2.05, 4.69) is 25.6 Å². The Hall–Kier alpha value is -2.40. The molecule has 1 fully saturated rings. The van der Waals surface area contributed by atoms with Crippen molar-refractivity contribution in [3.05, 3.63) is 28.0 Å². The molecular formula is C22H30ClN5O5. The van der Waals surface area contributed by atoms with E-state index in [-0.39, 0.29) is 23.7 Å². The van der Waals surface area contributed by atoms with Crippen molar-refractivity contribution < 1.29 is 24.4 Å². The van der Waals surface area contributed by atoms with Crippen molar-refractivity contribution in [1.82, 2.24) is 15.0 Å². The van der Waals surface area contributed by atoms with Crippen LogP contribution in [-0.4, -0.2) is 71.3 Å². The fraction of sp³-hybridized carbons (Fsp3) is 0.591. The number of pyridine rings is 1. The largest absolute Gasteiger partial charge is 0.483 e. The first kappa shape index (κ1) is 23.7. The van der Waals surface area contributed by atoms with Gasteiger partial charge >= 0.3 is 0 Å². The average molecular weight is 480 g/mol. The van der Waals surface area contributed by atoms with E-state index in [1.807, 2.05) is 13.0 Å². The molecule has 11 heteroatoms. The van der Waals surface area contributed by atoms with Gasteiger partial charge in [0.2, 0.25) is 11.8 Å². The molecule has 2 aromatic heterocycles. The molecule has 1 aliphatic heterocycles. The molecular weight excluding hydrogens is 450 g/mol. The minimum atomic E-state index is -0.606. The molecule has 1 saturated carbocycles. The van der Waals surface area contributed by atoms with E-state index >= 15 is 0 Å². The molecule has 2 aliphatic rings. The summed E-state index contributed by atoms with van der Waals surface area (Å²) < 4.78 is 16.6.